The summed E-state index contributed by atoms with van der Waals surface area (Å²) in [4.78, 5) is 27.9. The highest BCUT2D eigenvalue weighted by Crippen LogP contribution is 2.48. The Labute approximate surface area is 200 Å². The van der Waals surface area contributed by atoms with Crippen molar-refractivity contribution in [3.63, 3.8) is 0 Å². The Kier molecular flexibility index (Phi) is 4.75. The summed E-state index contributed by atoms with van der Waals surface area (Å²) in [6, 6.07) is 2.40. The summed E-state index contributed by atoms with van der Waals surface area (Å²) in [5.74, 6) is -1.30. The number of alkyl halides is 3. The lowest BCUT2D eigenvalue weighted by molar-refractivity contribution is -0.274. The zero-order valence-corrected chi connectivity index (χ0v) is 18.7. The molecule has 6 rings (SSSR count). The molecule has 0 bridgehead atoms. The van der Waals surface area contributed by atoms with Gasteiger partial charge in [-0.1, -0.05) is 0 Å². The SMILES string of the molecule is Cc1ncc2c(N)nc3cnc(C(=O)N4CCC[C@@H]5Oc6cc(OC(F)(F)F)cc(F)c6[C@@H]54)cc3n12. The summed E-state index contributed by atoms with van der Waals surface area (Å²) < 4.78 is 64.4. The van der Waals surface area contributed by atoms with Gasteiger partial charge in [0.2, 0.25) is 0 Å². The molecule has 0 radical (unpaired) electrons. The quantitative estimate of drug-likeness (QED) is 0.414. The number of hydrogen-bond donors (Lipinski definition) is 1. The molecule has 2 N–H and O–H groups in total. The summed E-state index contributed by atoms with van der Waals surface area (Å²) in [6.07, 6.45) is -1.52. The molecule has 2 aliphatic heterocycles. The molecule has 186 valence electrons. The summed E-state index contributed by atoms with van der Waals surface area (Å²) >= 11 is 0. The van der Waals surface area contributed by atoms with Crippen LogP contribution in [0.25, 0.3) is 16.6 Å². The minimum atomic E-state index is -4.98. The predicted octanol–water partition coefficient (Wildman–Crippen LogP) is 3.94. The van der Waals surface area contributed by atoms with Crippen LogP contribution in [-0.4, -0.2) is 49.2 Å². The number of nitrogen functional groups attached to an aromatic ring is 1. The van der Waals surface area contributed by atoms with E-state index in [1.165, 1.54) is 11.1 Å². The van der Waals surface area contributed by atoms with Crippen molar-refractivity contribution in [2.24, 2.45) is 0 Å². The van der Waals surface area contributed by atoms with Crippen LogP contribution < -0.4 is 15.2 Å². The number of carbonyl (C=O) groups is 1. The number of likely N-dealkylation sites (tertiary alicyclic amines) is 1. The second kappa shape index (κ2) is 7.67. The molecule has 9 nitrogen and oxygen atoms in total. The number of nitrogens with zero attached hydrogens (tertiary/aromatic N) is 5. The number of pyridine rings is 1. The number of amides is 1. The number of aromatic nitrogens is 4. The summed E-state index contributed by atoms with van der Waals surface area (Å²) in [5, 5.41) is 0. The molecular weight excluding hydrogens is 484 g/mol. The van der Waals surface area contributed by atoms with Gasteiger partial charge in [-0.15, -0.1) is 13.2 Å². The number of piperidine rings is 1. The van der Waals surface area contributed by atoms with Crippen molar-refractivity contribution in [2.75, 3.05) is 12.3 Å². The standard InChI is InChI=1S/C23H18F4N6O3/c1-10-29-9-16-21(28)31-14-8-30-13(7-15(14)33(10)16)22(34)32-4-2-3-17-20(32)19-12(24)5-11(6-18(19)35-17)36-23(25,26)27/h5-9,17,20H,2-4H2,1H3,(H2,28,31)/t17-,20+/m0/s1. The number of rotatable bonds is 2. The number of benzene rings is 1. The largest absolute Gasteiger partial charge is 0.573 e. The second-order valence-electron chi connectivity index (χ2n) is 8.69. The predicted molar refractivity (Wildman–Crippen MR) is 118 cm³/mol. The maximum atomic E-state index is 15.1. The zero-order chi connectivity index (χ0) is 25.4. The molecule has 0 unspecified atom stereocenters. The van der Waals surface area contributed by atoms with E-state index in [-0.39, 0.29) is 22.8 Å². The van der Waals surface area contributed by atoms with Crippen LogP contribution in [0.4, 0.5) is 23.4 Å². The number of hydrogen-bond acceptors (Lipinski definition) is 7. The first-order valence-corrected chi connectivity index (χ1v) is 11.1. The van der Waals surface area contributed by atoms with E-state index in [9.17, 15) is 18.0 Å². The normalized spacial score (nSPS) is 19.3. The Bertz CT molecular complexity index is 1550. The molecule has 36 heavy (non-hydrogen) atoms. The van der Waals surface area contributed by atoms with Crippen molar-refractivity contribution in [3.05, 3.63) is 53.5 Å². The van der Waals surface area contributed by atoms with E-state index >= 15 is 4.39 Å². The van der Waals surface area contributed by atoms with Gasteiger partial charge in [-0.2, -0.15) is 0 Å². The Hall–Kier alpha value is -4.16. The van der Waals surface area contributed by atoms with E-state index in [0.717, 1.165) is 6.07 Å². The van der Waals surface area contributed by atoms with Gasteiger partial charge in [-0.3, -0.25) is 9.20 Å². The minimum Gasteiger partial charge on any atom is -0.487 e. The second-order valence-corrected chi connectivity index (χ2v) is 8.69. The van der Waals surface area contributed by atoms with Gasteiger partial charge in [0.1, 0.15) is 57.8 Å². The summed E-state index contributed by atoms with van der Waals surface area (Å²) in [6.45, 7) is 2.08. The molecule has 5 heterocycles. The topological polar surface area (TPSA) is 108 Å². The van der Waals surface area contributed by atoms with Gasteiger partial charge in [0.15, 0.2) is 0 Å². The van der Waals surface area contributed by atoms with Crippen LogP contribution >= 0.6 is 0 Å². The Morgan fingerprint density at radius 3 is 2.78 bits per heavy atom. The molecular formula is C23H18F4N6O3. The monoisotopic (exact) mass is 502 g/mol. The van der Waals surface area contributed by atoms with Crippen molar-refractivity contribution in [2.45, 2.75) is 38.3 Å². The van der Waals surface area contributed by atoms with Gasteiger partial charge in [0.05, 0.1) is 23.5 Å². The fourth-order valence-corrected chi connectivity index (χ4v) is 5.05. The molecule has 1 saturated heterocycles. The third-order valence-electron chi connectivity index (χ3n) is 6.47. The molecule has 1 amide bonds. The lowest BCUT2D eigenvalue weighted by Crippen LogP contribution is -2.45. The Morgan fingerprint density at radius 1 is 1.19 bits per heavy atom. The maximum absolute atomic E-state index is 15.1. The number of anilines is 1. The number of ether oxygens (including phenoxy) is 2. The highest BCUT2D eigenvalue weighted by Gasteiger charge is 2.46. The lowest BCUT2D eigenvalue weighted by atomic mass is 9.93. The van der Waals surface area contributed by atoms with E-state index in [1.54, 1.807) is 23.6 Å². The molecule has 1 aromatic carbocycles. The summed E-state index contributed by atoms with van der Waals surface area (Å²) in [7, 11) is 0. The highest BCUT2D eigenvalue weighted by atomic mass is 19.4. The number of carbonyl (C=O) groups excluding carboxylic acids is 1. The first-order chi connectivity index (χ1) is 17.1. The number of aryl methyl sites for hydroxylation is 1. The van der Waals surface area contributed by atoms with Crippen LogP contribution in [0.5, 0.6) is 11.5 Å². The first kappa shape index (κ1) is 22.3. The number of nitrogens with two attached hydrogens (primary N) is 1. The molecule has 3 aromatic heterocycles. The van der Waals surface area contributed by atoms with Crippen molar-refractivity contribution >= 4 is 28.3 Å². The third-order valence-corrected chi connectivity index (χ3v) is 6.47. The molecule has 0 aliphatic carbocycles. The van der Waals surface area contributed by atoms with Crippen molar-refractivity contribution in [1.29, 1.82) is 0 Å². The van der Waals surface area contributed by atoms with Gasteiger partial charge in [0, 0.05) is 18.7 Å². The molecule has 1 fully saturated rings. The van der Waals surface area contributed by atoms with E-state index < -0.39 is 36.0 Å². The van der Waals surface area contributed by atoms with Crippen LogP contribution in [0.15, 0.2) is 30.6 Å². The molecule has 0 saturated carbocycles. The van der Waals surface area contributed by atoms with Crippen LogP contribution in [0.3, 0.4) is 0 Å². The average molecular weight is 502 g/mol. The smallest absolute Gasteiger partial charge is 0.487 e. The number of imidazole rings is 1. The lowest BCUT2D eigenvalue weighted by Gasteiger charge is -2.36. The van der Waals surface area contributed by atoms with Gasteiger partial charge in [-0.05, 0) is 25.8 Å². The molecule has 4 aromatic rings. The summed E-state index contributed by atoms with van der Waals surface area (Å²) in [5.41, 5.74) is 7.75. The Balaban J connectivity index is 1.40. The average Bonchev–Trinajstić information content (AvgIpc) is 3.38. The Morgan fingerprint density at radius 2 is 2.00 bits per heavy atom. The van der Waals surface area contributed by atoms with Crippen LogP contribution in [0, 0.1) is 12.7 Å². The van der Waals surface area contributed by atoms with Crippen LogP contribution in [-0.2, 0) is 0 Å². The maximum Gasteiger partial charge on any atom is 0.573 e. The number of fused-ring (bicyclic) bond motifs is 6. The van der Waals surface area contributed by atoms with Crippen LogP contribution in [0.2, 0.25) is 0 Å². The molecule has 2 aliphatic rings. The van der Waals surface area contributed by atoms with E-state index in [0.29, 0.717) is 47.8 Å². The fraction of sp³-hybridized carbons (Fsp3) is 0.304. The molecule has 13 heteroatoms. The van der Waals surface area contributed by atoms with Gasteiger partial charge >= 0.3 is 6.36 Å². The van der Waals surface area contributed by atoms with Gasteiger partial charge < -0.3 is 20.1 Å². The van der Waals surface area contributed by atoms with E-state index in [1.807, 2.05) is 0 Å². The van der Waals surface area contributed by atoms with E-state index in [4.69, 9.17) is 10.5 Å². The van der Waals surface area contributed by atoms with Crippen molar-refractivity contribution in [1.82, 2.24) is 24.3 Å². The van der Waals surface area contributed by atoms with Crippen molar-refractivity contribution in [3.8, 4) is 11.5 Å². The number of halogens is 4. The molecule has 2 atom stereocenters. The van der Waals surface area contributed by atoms with Gasteiger partial charge in [0.25, 0.3) is 5.91 Å². The molecule has 0 spiro atoms. The fourth-order valence-electron chi connectivity index (χ4n) is 5.05. The third kappa shape index (κ3) is 3.45. The van der Waals surface area contributed by atoms with Crippen LogP contribution in [0.1, 0.15) is 40.8 Å². The first-order valence-electron chi connectivity index (χ1n) is 11.1. The van der Waals surface area contributed by atoms with E-state index in [2.05, 4.69) is 19.7 Å². The van der Waals surface area contributed by atoms with Gasteiger partial charge in [-0.25, -0.2) is 19.3 Å². The minimum absolute atomic E-state index is 0.0191. The van der Waals surface area contributed by atoms with Crippen molar-refractivity contribution < 1.29 is 31.8 Å². The highest BCUT2D eigenvalue weighted by molar-refractivity contribution is 5.96. The zero-order valence-electron chi connectivity index (χ0n) is 18.7.